The number of nitrogens with one attached hydrogen (secondary N) is 1. The molecular weight excluding hydrogens is 248 g/mol. The minimum Gasteiger partial charge on any atom is -0.214 e. The number of nitriles is 1. The second kappa shape index (κ2) is 5.98. The second-order valence-electron chi connectivity index (χ2n) is 4.06. The Morgan fingerprint density at radius 1 is 1.28 bits per heavy atom. The van der Waals surface area contributed by atoms with E-state index in [1.807, 2.05) is 13.0 Å². The van der Waals surface area contributed by atoms with Crippen LogP contribution >= 0.6 is 0 Å². The third kappa shape index (κ3) is 2.55. The average Bonchev–Trinajstić information content (AvgIpc) is 2.36. The van der Waals surface area contributed by atoms with Gasteiger partial charge in [-0.2, -0.15) is 5.26 Å². The third-order valence-electron chi connectivity index (χ3n) is 2.82. The summed E-state index contributed by atoms with van der Waals surface area (Å²) in [5.41, 5.74) is 0.523. The van der Waals surface area contributed by atoms with Gasteiger partial charge in [0, 0.05) is 6.54 Å². The van der Waals surface area contributed by atoms with E-state index in [1.54, 1.807) is 37.3 Å². The van der Waals surface area contributed by atoms with Gasteiger partial charge in [0.1, 0.15) is 0 Å². The summed E-state index contributed by atoms with van der Waals surface area (Å²) in [5.74, 6) is 0. The fraction of sp³-hybridized carbons (Fsp3) is 0.462. The minimum atomic E-state index is -3.71. The Morgan fingerprint density at radius 3 is 2.33 bits per heavy atom. The van der Waals surface area contributed by atoms with Crippen LogP contribution in [0.3, 0.4) is 0 Å². The molecule has 1 unspecified atom stereocenters. The van der Waals surface area contributed by atoms with E-state index in [1.165, 1.54) is 0 Å². The van der Waals surface area contributed by atoms with E-state index >= 15 is 0 Å². The van der Waals surface area contributed by atoms with E-state index in [4.69, 9.17) is 0 Å². The minimum absolute atomic E-state index is 0.280. The molecule has 0 heterocycles. The van der Waals surface area contributed by atoms with Gasteiger partial charge in [-0.3, -0.25) is 0 Å². The lowest BCUT2D eigenvalue weighted by Crippen LogP contribution is -2.43. The monoisotopic (exact) mass is 266 g/mol. The second-order valence-corrected chi connectivity index (χ2v) is 6.05. The summed E-state index contributed by atoms with van der Waals surface area (Å²) in [6.45, 7) is 3.86. The van der Waals surface area contributed by atoms with Gasteiger partial charge >= 0.3 is 0 Å². The number of rotatable bonds is 6. The molecule has 1 aromatic rings. The largest absolute Gasteiger partial charge is 0.235 e. The molecule has 4 nitrogen and oxygen atoms in total. The highest BCUT2D eigenvalue weighted by Crippen LogP contribution is 2.34. The molecule has 0 fully saturated rings. The van der Waals surface area contributed by atoms with Crippen molar-refractivity contribution < 1.29 is 8.42 Å². The van der Waals surface area contributed by atoms with E-state index in [9.17, 15) is 13.7 Å². The van der Waals surface area contributed by atoms with E-state index in [0.717, 1.165) is 0 Å². The average molecular weight is 266 g/mol. The molecule has 0 aliphatic heterocycles. The zero-order chi connectivity index (χ0) is 13.6. The summed E-state index contributed by atoms with van der Waals surface area (Å²) in [5, 5.41) is 9.45. The lowest BCUT2D eigenvalue weighted by Gasteiger charge is -2.26. The summed E-state index contributed by atoms with van der Waals surface area (Å²) in [7, 11) is -3.71. The molecule has 98 valence electrons. The number of sulfonamides is 1. The van der Waals surface area contributed by atoms with Crippen molar-refractivity contribution in [1.29, 1.82) is 5.26 Å². The van der Waals surface area contributed by atoms with Gasteiger partial charge in [0.15, 0.2) is 4.75 Å². The van der Waals surface area contributed by atoms with Gasteiger partial charge in [-0.1, -0.05) is 50.6 Å². The number of benzene rings is 1. The molecule has 0 aliphatic rings. The Balaban J connectivity index is 3.41. The standard InChI is InChI=1S/C13H18N2O2S/c1-3-10-13(11-14,18(16,17)15-4-2)12-8-6-5-7-9-12/h5-9,15H,3-4,10H2,1-2H3. The Kier molecular flexibility index (Phi) is 4.88. The highest BCUT2D eigenvalue weighted by Gasteiger charge is 2.44. The summed E-state index contributed by atoms with van der Waals surface area (Å²) >= 11 is 0. The van der Waals surface area contributed by atoms with Gasteiger partial charge in [0.2, 0.25) is 10.0 Å². The highest BCUT2D eigenvalue weighted by molar-refractivity contribution is 7.90. The van der Waals surface area contributed by atoms with Crippen molar-refractivity contribution >= 4 is 10.0 Å². The van der Waals surface area contributed by atoms with Crippen LogP contribution in [-0.4, -0.2) is 15.0 Å². The highest BCUT2D eigenvalue weighted by atomic mass is 32.2. The van der Waals surface area contributed by atoms with Crippen molar-refractivity contribution in [2.24, 2.45) is 0 Å². The molecule has 1 N–H and O–H groups in total. The predicted octanol–water partition coefficient (Wildman–Crippen LogP) is 2.14. The first-order chi connectivity index (χ1) is 8.54. The van der Waals surface area contributed by atoms with Crippen LogP contribution in [-0.2, 0) is 14.8 Å². The number of hydrogen-bond donors (Lipinski definition) is 1. The molecule has 0 bridgehead atoms. The number of hydrogen-bond acceptors (Lipinski definition) is 3. The first kappa shape index (κ1) is 14.7. The van der Waals surface area contributed by atoms with Crippen LogP contribution in [0, 0.1) is 11.3 Å². The van der Waals surface area contributed by atoms with Crippen LogP contribution in [0.25, 0.3) is 0 Å². The SMILES string of the molecule is CCCC(C#N)(c1ccccc1)S(=O)(=O)NCC. The Morgan fingerprint density at radius 2 is 1.89 bits per heavy atom. The van der Waals surface area contributed by atoms with E-state index in [0.29, 0.717) is 12.0 Å². The van der Waals surface area contributed by atoms with Crippen molar-refractivity contribution in [2.45, 2.75) is 31.4 Å². The molecule has 0 saturated heterocycles. The van der Waals surface area contributed by atoms with Gasteiger partial charge in [-0.15, -0.1) is 0 Å². The zero-order valence-corrected chi connectivity index (χ0v) is 11.5. The van der Waals surface area contributed by atoms with Gasteiger partial charge in [0.05, 0.1) is 6.07 Å². The summed E-state index contributed by atoms with van der Waals surface area (Å²) in [6, 6.07) is 10.7. The molecule has 0 saturated carbocycles. The lowest BCUT2D eigenvalue weighted by atomic mass is 9.95. The van der Waals surface area contributed by atoms with Crippen LogP contribution in [0.5, 0.6) is 0 Å². The van der Waals surface area contributed by atoms with Crippen LogP contribution in [0.4, 0.5) is 0 Å². The molecule has 0 aromatic heterocycles. The quantitative estimate of drug-likeness (QED) is 0.857. The molecule has 0 radical (unpaired) electrons. The third-order valence-corrected chi connectivity index (χ3v) is 4.93. The molecule has 1 atom stereocenters. The number of nitrogens with zero attached hydrogens (tertiary/aromatic N) is 1. The molecule has 1 aromatic carbocycles. The Labute approximate surface area is 109 Å². The normalized spacial score (nSPS) is 14.7. The van der Waals surface area contributed by atoms with Gasteiger partial charge in [-0.05, 0) is 12.0 Å². The Hall–Kier alpha value is -1.38. The smallest absolute Gasteiger partial charge is 0.214 e. The molecular formula is C13H18N2O2S. The van der Waals surface area contributed by atoms with Crippen molar-refractivity contribution in [1.82, 2.24) is 4.72 Å². The van der Waals surface area contributed by atoms with Crippen molar-refractivity contribution in [3.05, 3.63) is 35.9 Å². The zero-order valence-electron chi connectivity index (χ0n) is 10.7. The first-order valence-electron chi connectivity index (χ1n) is 6.00. The van der Waals surface area contributed by atoms with E-state index in [2.05, 4.69) is 4.72 Å². The maximum Gasteiger partial charge on any atom is 0.235 e. The van der Waals surface area contributed by atoms with Gasteiger partial charge < -0.3 is 0 Å². The van der Waals surface area contributed by atoms with Crippen LogP contribution in [0.1, 0.15) is 32.3 Å². The molecule has 0 amide bonds. The van der Waals surface area contributed by atoms with Crippen molar-refractivity contribution in [3.63, 3.8) is 0 Å². The summed E-state index contributed by atoms with van der Waals surface area (Å²) in [4.78, 5) is 0. The molecule has 1 rings (SSSR count). The fourth-order valence-electron chi connectivity index (χ4n) is 1.99. The van der Waals surface area contributed by atoms with Crippen LogP contribution in [0.2, 0.25) is 0 Å². The van der Waals surface area contributed by atoms with E-state index in [-0.39, 0.29) is 13.0 Å². The van der Waals surface area contributed by atoms with Gasteiger partial charge in [0.25, 0.3) is 0 Å². The Bertz CT molecular complexity index is 520. The topological polar surface area (TPSA) is 70.0 Å². The lowest BCUT2D eigenvalue weighted by molar-refractivity contribution is 0.531. The molecule has 0 spiro atoms. The predicted molar refractivity (Wildman–Crippen MR) is 71.2 cm³/mol. The van der Waals surface area contributed by atoms with Gasteiger partial charge in [-0.25, -0.2) is 13.1 Å². The molecule has 0 aliphatic carbocycles. The van der Waals surface area contributed by atoms with Crippen LogP contribution in [0.15, 0.2) is 30.3 Å². The maximum atomic E-state index is 12.3. The maximum absolute atomic E-state index is 12.3. The molecule has 5 heteroatoms. The van der Waals surface area contributed by atoms with Crippen LogP contribution < -0.4 is 4.72 Å². The first-order valence-corrected chi connectivity index (χ1v) is 7.48. The summed E-state index contributed by atoms with van der Waals surface area (Å²) < 4.78 is 25.6. The summed E-state index contributed by atoms with van der Waals surface area (Å²) in [6.07, 6.45) is 0.899. The van der Waals surface area contributed by atoms with E-state index < -0.39 is 14.8 Å². The van der Waals surface area contributed by atoms with Crippen molar-refractivity contribution in [3.8, 4) is 6.07 Å². The van der Waals surface area contributed by atoms with Crippen molar-refractivity contribution in [2.75, 3.05) is 6.54 Å². The molecule has 18 heavy (non-hydrogen) atoms. The fourth-order valence-corrected chi connectivity index (χ4v) is 3.65.